The van der Waals surface area contributed by atoms with E-state index in [-0.39, 0.29) is 55.0 Å². The summed E-state index contributed by atoms with van der Waals surface area (Å²) in [6.45, 7) is 0.397. The number of rotatable bonds is 26. The molecule has 0 saturated heterocycles. The maximum atomic E-state index is 13.5. The number of nitrogen functional groups attached to an aromatic ring is 1. The van der Waals surface area contributed by atoms with Crippen molar-refractivity contribution < 1.29 is 48.6 Å². The molecule has 16 N–H and O–H groups in total. The number of Topliss-reactive ketones (excluding diaryl/α,β-unsaturated/α-hetero) is 1. The van der Waals surface area contributed by atoms with Crippen LogP contribution in [0, 0.1) is 5.92 Å². The summed E-state index contributed by atoms with van der Waals surface area (Å²) in [6.07, 6.45) is 2.69. The van der Waals surface area contributed by atoms with Crippen LogP contribution in [0.3, 0.4) is 0 Å². The lowest BCUT2D eigenvalue weighted by Crippen LogP contribution is -2.59. The molecule has 4 amide bonds. The van der Waals surface area contributed by atoms with Gasteiger partial charge in [0.15, 0.2) is 16.9 Å². The summed E-state index contributed by atoms with van der Waals surface area (Å²) < 4.78 is 0. The summed E-state index contributed by atoms with van der Waals surface area (Å²) in [7, 11) is 0. The molecule has 1 aliphatic rings. The fraction of sp³-hybridized carbons (Fsp3) is 0.487. The van der Waals surface area contributed by atoms with E-state index in [9.17, 15) is 53.4 Å². The van der Waals surface area contributed by atoms with Crippen molar-refractivity contribution in [3.05, 3.63) is 52.1 Å². The molecular weight excluding hydrogens is 841 g/mol. The first kappa shape index (κ1) is 49.9. The Morgan fingerprint density at radius 2 is 1.53 bits per heavy atom. The highest BCUT2D eigenvalue weighted by molar-refractivity contribution is 5.99. The van der Waals surface area contributed by atoms with Crippen LogP contribution < -0.4 is 60.2 Å². The molecule has 1 fully saturated rings. The maximum absolute atomic E-state index is 13.5. The Morgan fingerprint density at radius 3 is 2.19 bits per heavy atom. The molecule has 346 valence electrons. The van der Waals surface area contributed by atoms with Crippen molar-refractivity contribution in [3.63, 3.8) is 0 Å². The van der Waals surface area contributed by atoms with Crippen molar-refractivity contribution in [1.29, 1.82) is 0 Å². The number of nitrogens with zero attached hydrogens (tertiary/aromatic N) is 3. The van der Waals surface area contributed by atoms with E-state index in [1.165, 1.54) is 18.3 Å². The first-order valence-corrected chi connectivity index (χ1v) is 20.5. The number of benzene rings is 1. The third kappa shape index (κ3) is 16.2. The number of H-pyrrole nitrogens is 1. The van der Waals surface area contributed by atoms with E-state index in [1.807, 2.05) is 0 Å². The zero-order valence-electron chi connectivity index (χ0n) is 34.8. The first-order valence-electron chi connectivity index (χ1n) is 20.5. The monoisotopic (exact) mass is 894 g/mol. The summed E-state index contributed by atoms with van der Waals surface area (Å²) in [5.41, 5.74) is 22.4. The average Bonchev–Trinajstić information content (AvgIpc) is 3.25. The average molecular weight is 895 g/mol. The number of aldehydes is 1. The van der Waals surface area contributed by atoms with Crippen molar-refractivity contribution in [1.82, 2.24) is 52.1 Å². The van der Waals surface area contributed by atoms with Crippen LogP contribution in [0.15, 0.2) is 35.3 Å². The zero-order valence-corrected chi connectivity index (χ0v) is 34.8. The number of aromatic amines is 1. The molecule has 0 radical (unpaired) electrons. The summed E-state index contributed by atoms with van der Waals surface area (Å²) in [4.78, 5) is 128. The molecule has 4 atom stereocenters. The smallest absolute Gasteiger partial charge is 0.305 e. The Kier molecular flexibility index (Phi) is 19.3. The summed E-state index contributed by atoms with van der Waals surface area (Å²) in [6, 6.07) is 0.753. The zero-order chi connectivity index (χ0) is 46.8. The standard InChI is InChI=1S/C39H54N14O11/c40-38(41)43-14-4-7-25(35(62)48-26(15-29(56)57)32(60)20-5-2-1-3-6-20)52-53-27(16-30(58)59)36(63)49-28(55)13-12-23(19-54)47-34(61)21-8-10-22(11-9-21)44-17-24-18-45-33-31(46-24)37(64)51-39(42)50-33/h8-11,18-20,23,25-27,38,43-44,52-53H,1-7,12-17,40-41H2,(H,47,61)(H,48,62)(H,56,57)(H,58,59)(H,49,55,63)(H3,42,45,50,51,64)/t23-,25-,26-,27-/m0/s1. The number of aliphatic carboxylic acids is 2. The van der Waals surface area contributed by atoms with Crippen LogP contribution in [-0.2, 0) is 40.1 Å². The molecule has 25 nitrogen and oxygen atoms in total. The fourth-order valence-electron chi connectivity index (χ4n) is 6.76. The number of nitrogens with one attached hydrogen (secondary N) is 8. The van der Waals surface area contributed by atoms with Gasteiger partial charge in [-0.2, -0.15) is 4.98 Å². The minimum absolute atomic E-state index is 0.0110. The van der Waals surface area contributed by atoms with Crippen LogP contribution in [0.25, 0.3) is 11.2 Å². The number of carbonyl (C=O) groups is 8. The molecule has 2 aromatic heterocycles. The summed E-state index contributed by atoms with van der Waals surface area (Å²) >= 11 is 0. The van der Waals surface area contributed by atoms with Crippen molar-refractivity contribution in [2.45, 2.75) is 108 Å². The molecule has 4 rings (SSSR count). The topological polar surface area (TPSA) is 411 Å². The Labute approximate surface area is 365 Å². The highest BCUT2D eigenvalue weighted by Gasteiger charge is 2.33. The van der Waals surface area contributed by atoms with Gasteiger partial charge in [0.05, 0.1) is 49.4 Å². The van der Waals surface area contributed by atoms with Gasteiger partial charge in [-0.25, -0.2) is 20.8 Å². The lowest BCUT2D eigenvalue weighted by Gasteiger charge is -2.28. The highest BCUT2D eigenvalue weighted by atomic mass is 16.4. The van der Waals surface area contributed by atoms with Crippen LogP contribution in [0.2, 0.25) is 0 Å². The molecule has 0 spiro atoms. The number of imide groups is 1. The Balaban J connectivity index is 1.30. The van der Waals surface area contributed by atoms with E-state index < -0.39 is 103 Å². The van der Waals surface area contributed by atoms with Crippen molar-refractivity contribution in [2.75, 3.05) is 17.6 Å². The molecule has 64 heavy (non-hydrogen) atoms. The van der Waals surface area contributed by atoms with E-state index in [0.717, 1.165) is 19.3 Å². The highest BCUT2D eigenvalue weighted by Crippen LogP contribution is 2.26. The second kappa shape index (κ2) is 24.7. The number of anilines is 2. The minimum Gasteiger partial charge on any atom is -0.481 e. The number of aromatic nitrogens is 4. The predicted octanol–water partition coefficient (Wildman–Crippen LogP) is -2.39. The molecule has 2 heterocycles. The van der Waals surface area contributed by atoms with Crippen molar-refractivity contribution in [3.8, 4) is 0 Å². The second-order valence-corrected chi connectivity index (χ2v) is 15.1. The van der Waals surface area contributed by atoms with Gasteiger partial charge in [0.1, 0.15) is 18.6 Å². The SMILES string of the molecule is Nc1nc2ncc(CNc3ccc(C(=O)N[C@H](C=O)CCC(=O)NC(=O)[C@H](CC(=O)O)NN[C@@H](CCCNC(N)N)C(=O)N[C@@H](CC(=O)O)C(=O)C4CCCCC4)cc3)nc2c(=O)[nH]1. The molecule has 1 aliphatic carbocycles. The molecule has 1 aromatic carbocycles. The molecule has 0 unspecified atom stereocenters. The Morgan fingerprint density at radius 1 is 0.859 bits per heavy atom. The minimum atomic E-state index is -1.63. The second-order valence-electron chi connectivity index (χ2n) is 15.1. The van der Waals surface area contributed by atoms with Crippen molar-refractivity contribution >= 4 is 70.4 Å². The van der Waals surface area contributed by atoms with Gasteiger partial charge in [-0.3, -0.25) is 54.0 Å². The maximum Gasteiger partial charge on any atom is 0.305 e. The normalized spacial score (nSPS) is 14.7. The number of amides is 4. The molecule has 0 aliphatic heterocycles. The lowest BCUT2D eigenvalue weighted by atomic mass is 9.83. The molecule has 0 bridgehead atoms. The van der Waals surface area contributed by atoms with Crippen LogP contribution in [-0.4, -0.2) is 115 Å². The number of carboxylic acid groups (broad SMARTS) is 2. The van der Waals surface area contributed by atoms with E-state index in [4.69, 9.17) is 17.2 Å². The van der Waals surface area contributed by atoms with Crippen LogP contribution >= 0.6 is 0 Å². The third-order valence-corrected chi connectivity index (χ3v) is 10.1. The first-order chi connectivity index (χ1) is 30.5. The number of ketones is 1. The van der Waals surface area contributed by atoms with Gasteiger partial charge in [-0.15, -0.1) is 0 Å². The largest absolute Gasteiger partial charge is 0.481 e. The van der Waals surface area contributed by atoms with Gasteiger partial charge in [0, 0.05) is 23.6 Å². The number of hydrogen-bond acceptors (Lipinski definition) is 19. The van der Waals surface area contributed by atoms with Crippen LogP contribution in [0.5, 0.6) is 0 Å². The number of fused-ring (bicyclic) bond motifs is 1. The van der Waals surface area contributed by atoms with E-state index >= 15 is 0 Å². The number of hydrogen-bond donors (Lipinski definition) is 13. The predicted molar refractivity (Wildman–Crippen MR) is 227 cm³/mol. The lowest BCUT2D eigenvalue weighted by molar-refractivity contribution is -0.142. The van der Waals surface area contributed by atoms with Crippen molar-refractivity contribution in [2.24, 2.45) is 17.4 Å². The van der Waals surface area contributed by atoms with E-state index in [1.54, 1.807) is 12.1 Å². The van der Waals surface area contributed by atoms with E-state index in [2.05, 4.69) is 57.4 Å². The van der Waals surface area contributed by atoms with Gasteiger partial charge >= 0.3 is 11.9 Å². The van der Waals surface area contributed by atoms with E-state index in [0.29, 0.717) is 30.5 Å². The van der Waals surface area contributed by atoms with Gasteiger partial charge in [-0.1, -0.05) is 19.3 Å². The third-order valence-electron chi connectivity index (χ3n) is 10.1. The summed E-state index contributed by atoms with van der Waals surface area (Å²) in [5.74, 6) is -7.12. The number of hydrazine groups is 1. The van der Waals surface area contributed by atoms with Gasteiger partial charge < -0.3 is 48.2 Å². The molecular formula is C39H54N14O11. The molecule has 3 aromatic rings. The Bertz CT molecular complexity index is 2200. The van der Waals surface area contributed by atoms with Gasteiger partial charge in [0.2, 0.25) is 23.7 Å². The number of nitrogens with two attached hydrogens (primary N) is 3. The van der Waals surface area contributed by atoms with Crippen LogP contribution in [0.1, 0.15) is 86.7 Å². The number of carboxylic acids is 2. The Hall–Kier alpha value is -6.80. The number of carbonyl (C=O) groups excluding carboxylic acids is 6. The molecule has 25 heteroatoms. The fourth-order valence-corrected chi connectivity index (χ4v) is 6.76. The summed E-state index contributed by atoms with van der Waals surface area (Å²) in [5, 5.41) is 31.9. The van der Waals surface area contributed by atoms with Gasteiger partial charge in [0.25, 0.3) is 11.5 Å². The quantitative estimate of drug-likeness (QED) is 0.0173. The van der Waals surface area contributed by atoms with Crippen LogP contribution in [0.4, 0.5) is 11.6 Å². The van der Waals surface area contributed by atoms with Gasteiger partial charge in [-0.05, 0) is 62.9 Å². The molecule has 1 saturated carbocycles.